The molecule has 0 amide bonds. The zero-order valence-electron chi connectivity index (χ0n) is 12.5. The molecule has 0 saturated heterocycles. The topological polar surface area (TPSA) is 47.4 Å². The zero-order chi connectivity index (χ0) is 15.5. The summed E-state index contributed by atoms with van der Waals surface area (Å²) in [5, 5.41) is 0. The lowest BCUT2D eigenvalue weighted by atomic mass is 10.1. The molecule has 0 fully saturated rings. The molecule has 4 nitrogen and oxygen atoms in total. The van der Waals surface area contributed by atoms with Gasteiger partial charge in [-0.15, -0.1) is 0 Å². The van der Waals surface area contributed by atoms with Crippen LogP contribution in [-0.4, -0.2) is 15.9 Å². The molecule has 0 N–H and O–H groups in total. The lowest BCUT2D eigenvalue weighted by Gasteiger charge is -2.05. The zero-order valence-corrected chi connectivity index (χ0v) is 12.5. The van der Waals surface area contributed by atoms with Crippen molar-refractivity contribution in [2.24, 2.45) is 4.99 Å². The fraction of sp³-hybridized carbons (Fsp3) is 0.105. The molecule has 23 heavy (non-hydrogen) atoms. The Morgan fingerprint density at radius 2 is 1.70 bits per heavy atom. The molecule has 0 radical (unpaired) electrons. The fourth-order valence-corrected chi connectivity index (χ4v) is 2.51. The highest BCUT2D eigenvalue weighted by Crippen LogP contribution is 2.22. The molecule has 1 aliphatic heterocycles. The van der Waals surface area contributed by atoms with Crippen LogP contribution in [0.15, 0.2) is 71.9 Å². The maximum Gasteiger partial charge on any atom is 0.192 e. The quantitative estimate of drug-likeness (QED) is 0.735. The first-order chi connectivity index (χ1) is 11.4. The molecule has 2 heterocycles. The van der Waals surface area contributed by atoms with Crippen LogP contribution in [0.2, 0.25) is 0 Å². The van der Waals surface area contributed by atoms with Crippen LogP contribution >= 0.6 is 0 Å². The second kappa shape index (κ2) is 6.01. The van der Waals surface area contributed by atoms with Crippen LogP contribution in [0.4, 0.5) is 0 Å². The normalized spacial score (nSPS) is 13.7. The SMILES string of the molecule is C1=C(c2ccccc2)N=C(OCc2cnc3ccccc3n2)C1. The standard InChI is InChI=1S/C19H15N3O/c1-2-6-14(7-3-1)16-10-11-19(22-16)23-13-15-12-20-17-8-4-5-9-18(17)21-15/h1-10,12H,11,13H2. The molecule has 0 bridgehead atoms. The Kier molecular flexibility index (Phi) is 3.56. The van der Waals surface area contributed by atoms with Gasteiger partial charge in [0, 0.05) is 6.42 Å². The number of ether oxygens (including phenoxy) is 1. The van der Waals surface area contributed by atoms with E-state index in [0.29, 0.717) is 13.0 Å². The Bertz CT molecular complexity index is 901. The first kappa shape index (κ1) is 13.6. The summed E-state index contributed by atoms with van der Waals surface area (Å²) in [4.78, 5) is 13.5. The fourth-order valence-electron chi connectivity index (χ4n) is 2.51. The van der Waals surface area contributed by atoms with Crippen molar-refractivity contribution in [1.29, 1.82) is 0 Å². The van der Waals surface area contributed by atoms with E-state index in [4.69, 9.17) is 4.74 Å². The highest BCUT2D eigenvalue weighted by Gasteiger charge is 2.12. The molecular formula is C19H15N3O. The van der Waals surface area contributed by atoms with Crippen LogP contribution in [-0.2, 0) is 11.3 Å². The number of hydrogen-bond donors (Lipinski definition) is 0. The van der Waals surface area contributed by atoms with Gasteiger partial charge in [0.1, 0.15) is 6.61 Å². The lowest BCUT2D eigenvalue weighted by Crippen LogP contribution is -2.03. The number of rotatable bonds is 3. The monoisotopic (exact) mass is 301 g/mol. The predicted octanol–water partition coefficient (Wildman–Crippen LogP) is 3.99. The number of fused-ring (bicyclic) bond motifs is 1. The second-order valence-electron chi connectivity index (χ2n) is 5.30. The molecule has 3 aromatic rings. The summed E-state index contributed by atoms with van der Waals surface area (Å²) < 4.78 is 5.79. The van der Waals surface area contributed by atoms with Gasteiger partial charge in [-0.3, -0.25) is 4.98 Å². The smallest absolute Gasteiger partial charge is 0.192 e. The minimum Gasteiger partial charge on any atom is -0.474 e. The molecule has 0 saturated carbocycles. The Morgan fingerprint density at radius 1 is 0.913 bits per heavy atom. The van der Waals surface area contributed by atoms with Gasteiger partial charge in [0.15, 0.2) is 5.90 Å². The van der Waals surface area contributed by atoms with E-state index in [0.717, 1.165) is 33.9 Å². The van der Waals surface area contributed by atoms with Crippen LogP contribution in [0.5, 0.6) is 0 Å². The van der Waals surface area contributed by atoms with Gasteiger partial charge in [0.2, 0.25) is 0 Å². The third kappa shape index (κ3) is 2.97. The molecule has 1 aliphatic rings. The van der Waals surface area contributed by atoms with E-state index in [1.807, 2.05) is 54.6 Å². The summed E-state index contributed by atoms with van der Waals surface area (Å²) in [7, 11) is 0. The number of aromatic nitrogens is 2. The summed E-state index contributed by atoms with van der Waals surface area (Å²) in [6, 6.07) is 17.9. The Morgan fingerprint density at radius 3 is 2.57 bits per heavy atom. The molecule has 0 unspecified atom stereocenters. The van der Waals surface area contributed by atoms with Gasteiger partial charge in [-0.2, -0.15) is 0 Å². The van der Waals surface area contributed by atoms with Crippen molar-refractivity contribution in [2.75, 3.05) is 0 Å². The van der Waals surface area contributed by atoms with Gasteiger partial charge in [-0.1, -0.05) is 42.5 Å². The van der Waals surface area contributed by atoms with Crippen LogP contribution in [0.25, 0.3) is 16.7 Å². The second-order valence-corrected chi connectivity index (χ2v) is 5.30. The van der Waals surface area contributed by atoms with E-state index in [1.54, 1.807) is 6.20 Å². The van der Waals surface area contributed by atoms with Gasteiger partial charge < -0.3 is 4.74 Å². The average Bonchev–Trinajstić information content (AvgIpc) is 3.10. The molecule has 2 aromatic carbocycles. The molecule has 0 atom stereocenters. The van der Waals surface area contributed by atoms with Gasteiger partial charge in [0.05, 0.1) is 28.6 Å². The highest BCUT2D eigenvalue weighted by atomic mass is 16.5. The maximum absolute atomic E-state index is 5.79. The summed E-state index contributed by atoms with van der Waals surface area (Å²) in [5.74, 6) is 0.721. The highest BCUT2D eigenvalue weighted by molar-refractivity contribution is 5.90. The van der Waals surface area contributed by atoms with Crippen molar-refractivity contribution in [3.63, 3.8) is 0 Å². The number of aliphatic imine (C=N–C) groups is 1. The van der Waals surface area contributed by atoms with Crippen molar-refractivity contribution in [3.8, 4) is 0 Å². The van der Waals surface area contributed by atoms with Gasteiger partial charge in [0.25, 0.3) is 0 Å². The summed E-state index contributed by atoms with van der Waals surface area (Å²) in [6.45, 7) is 0.382. The largest absolute Gasteiger partial charge is 0.474 e. The van der Waals surface area contributed by atoms with E-state index < -0.39 is 0 Å². The summed E-state index contributed by atoms with van der Waals surface area (Å²) in [5.41, 5.74) is 4.65. The van der Waals surface area contributed by atoms with Crippen LogP contribution < -0.4 is 0 Å². The van der Waals surface area contributed by atoms with Crippen LogP contribution in [0.3, 0.4) is 0 Å². The Labute approximate surface area is 134 Å². The maximum atomic E-state index is 5.79. The van der Waals surface area contributed by atoms with Crippen molar-refractivity contribution in [2.45, 2.75) is 13.0 Å². The minimum absolute atomic E-state index is 0.382. The third-order valence-corrected chi connectivity index (χ3v) is 3.67. The van der Waals surface area contributed by atoms with Gasteiger partial charge in [-0.05, 0) is 23.8 Å². The van der Waals surface area contributed by atoms with E-state index in [1.165, 1.54) is 0 Å². The van der Waals surface area contributed by atoms with Crippen molar-refractivity contribution in [3.05, 3.63) is 78.1 Å². The minimum atomic E-state index is 0.382. The van der Waals surface area contributed by atoms with Crippen LogP contribution in [0, 0.1) is 0 Å². The molecule has 4 heteroatoms. The first-order valence-corrected chi connectivity index (χ1v) is 7.55. The van der Waals surface area contributed by atoms with Gasteiger partial charge >= 0.3 is 0 Å². The lowest BCUT2D eigenvalue weighted by molar-refractivity contribution is 0.283. The van der Waals surface area contributed by atoms with Crippen molar-refractivity contribution in [1.82, 2.24) is 9.97 Å². The number of benzene rings is 2. The van der Waals surface area contributed by atoms with Gasteiger partial charge in [-0.25, -0.2) is 9.98 Å². The number of para-hydroxylation sites is 2. The van der Waals surface area contributed by atoms with E-state index in [-0.39, 0.29) is 0 Å². The first-order valence-electron chi connectivity index (χ1n) is 7.55. The molecule has 4 rings (SSSR count). The predicted molar refractivity (Wildman–Crippen MR) is 90.8 cm³/mol. The third-order valence-electron chi connectivity index (χ3n) is 3.67. The summed E-state index contributed by atoms with van der Waals surface area (Å²) >= 11 is 0. The van der Waals surface area contributed by atoms with E-state index in [9.17, 15) is 0 Å². The summed E-state index contributed by atoms with van der Waals surface area (Å²) in [6.07, 6.45) is 4.55. The number of hydrogen-bond acceptors (Lipinski definition) is 4. The molecule has 0 aliphatic carbocycles. The number of nitrogens with zero attached hydrogens (tertiary/aromatic N) is 3. The van der Waals surface area contributed by atoms with Crippen molar-refractivity contribution < 1.29 is 4.74 Å². The van der Waals surface area contributed by atoms with Crippen LogP contribution in [0.1, 0.15) is 17.7 Å². The Hall–Kier alpha value is -3.01. The molecule has 1 aromatic heterocycles. The molecule has 0 spiro atoms. The molecule has 112 valence electrons. The van der Waals surface area contributed by atoms with Crippen molar-refractivity contribution >= 4 is 22.6 Å². The Balaban J connectivity index is 1.45. The van der Waals surface area contributed by atoms with E-state index in [2.05, 4.69) is 21.0 Å². The van der Waals surface area contributed by atoms with E-state index >= 15 is 0 Å². The molecular weight excluding hydrogens is 286 g/mol. The average molecular weight is 301 g/mol.